The standard InChI is InChI=1S/C24H24BrClN6O3/c1-15-28-21(31-35-15)24(10-8-16(9-11-24)17-6-4-5-7-19(17)26)22(33)30-23-27-14-18(25)20(29-23)34-13-12-32(2)3/h4-10,14H,11-13H2,1-3H3,(H,27,29,30,33). The van der Waals surface area contributed by atoms with E-state index in [1.165, 1.54) is 6.20 Å². The summed E-state index contributed by atoms with van der Waals surface area (Å²) < 4.78 is 11.5. The molecule has 0 saturated heterocycles. The predicted octanol–water partition coefficient (Wildman–Crippen LogP) is 4.44. The number of allylic oxidation sites excluding steroid dienone is 3. The predicted molar refractivity (Wildman–Crippen MR) is 136 cm³/mol. The number of ether oxygens (including phenoxy) is 1. The molecule has 1 amide bonds. The Morgan fingerprint density at radius 1 is 1.31 bits per heavy atom. The zero-order valence-corrected chi connectivity index (χ0v) is 21.8. The van der Waals surface area contributed by atoms with Crippen molar-refractivity contribution in [1.82, 2.24) is 25.0 Å². The van der Waals surface area contributed by atoms with Crippen molar-refractivity contribution in [1.29, 1.82) is 0 Å². The number of hydrogen-bond donors (Lipinski definition) is 1. The van der Waals surface area contributed by atoms with Gasteiger partial charge in [0.1, 0.15) is 12.0 Å². The number of hydrogen-bond acceptors (Lipinski definition) is 8. The van der Waals surface area contributed by atoms with Crippen LogP contribution in [0.5, 0.6) is 5.88 Å². The lowest BCUT2D eigenvalue weighted by atomic mass is 9.77. The summed E-state index contributed by atoms with van der Waals surface area (Å²) in [5.41, 5.74) is 0.556. The Hall–Kier alpha value is -3.08. The van der Waals surface area contributed by atoms with E-state index in [9.17, 15) is 4.79 Å². The fraction of sp³-hybridized carbons (Fsp3) is 0.292. The molecule has 1 aliphatic carbocycles. The van der Waals surface area contributed by atoms with Gasteiger partial charge in [-0.25, -0.2) is 4.98 Å². The fourth-order valence-electron chi connectivity index (χ4n) is 3.50. The van der Waals surface area contributed by atoms with Gasteiger partial charge in [-0.1, -0.05) is 53.2 Å². The molecule has 1 atom stereocenters. The lowest BCUT2D eigenvalue weighted by Gasteiger charge is -2.28. The molecule has 2 heterocycles. The summed E-state index contributed by atoms with van der Waals surface area (Å²) in [4.78, 5) is 28.6. The second kappa shape index (κ2) is 10.7. The molecule has 0 spiro atoms. The molecule has 0 fully saturated rings. The number of benzene rings is 1. The number of aryl methyl sites for hydroxylation is 1. The van der Waals surface area contributed by atoms with Gasteiger partial charge in [-0.05, 0) is 53.6 Å². The van der Waals surface area contributed by atoms with Crippen molar-refractivity contribution in [3.8, 4) is 5.88 Å². The molecule has 0 radical (unpaired) electrons. The van der Waals surface area contributed by atoms with Gasteiger partial charge in [0.2, 0.25) is 23.6 Å². The molecule has 2 aromatic heterocycles. The third kappa shape index (κ3) is 5.61. The minimum Gasteiger partial charge on any atom is -0.475 e. The molecular formula is C24H24BrClN6O3. The number of amides is 1. The normalized spacial score (nSPS) is 17.4. The van der Waals surface area contributed by atoms with Crippen LogP contribution in [-0.2, 0) is 10.2 Å². The molecular weight excluding hydrogens is 536 g/mol. The van der Waals surface area contributed by atoms with Gasteiger partial charge >= 0.3 is 0 Å². The Balaban J connectivity index is 1.60. The SMILES string of the molecule is Cc1nc(C2(C(=O)Nc3ncc(Br)c(OCCN(C)C)n3)C=CC(c3ccccc3Cl)=CC2)no1. The largest absolute Gasteiger partial charge is 0.475 e. The van der Waals surface area contributed by atoms with E-state index >= 15 is 0 Å². The fourth-order valence-corrected chi connectivity index (χ4v) is 4.05. The van der Waals surface area contributed by atoms with E-state index in [4.69, 9.17) is 20.9 Å². The molecule has 182 valence electrons. The summed E-state index contributed by atoms with van der Waals surface area (Å²) in [6.45, 7) is 2.82. The maximum absolute atomic E-state index is 13.6. The third-order valence-corrected chi connectivity index (χ3v) is 6.30. The average Bonchev–Trinajstić information content (AvgIpc) is 3.28. The first-order chi connectivity index (χ1) is 16.8. The second-order valence-corrected chi connectivity index (χ2v) is 9.50. The van der Waals surface area contributed by atoms with Crippen LogP contribution >= 0.6 is 27.5 Å². The Morgan fingerprint density at radius 2 is 2.11 bits per heavy atom. The Morgan fingerprint density at radius 3 is 2.77 bits per heavy atom. The van der Waals surface area contributed by atoms with Crippen molar-refractivity contribution < 1.29 is 14.1 Å². The number of halogens is 2. The van der Waals surface area contributed by atoms with Crippen molar-refractivity contribution in [2.24, 2.45) is 0 Å². The molecule has 0 bridgehead atoms. The van der Waals surface area contributed by atoms with Gasteiger partial charge in [-0.3, -0.25) is 10.1 Å². The second-order valence-electron chi connectivity index (χ2n) is 8.24. The van der Waals surface area contributed by atoms with Gasteiger partial charge in [0, 0.05) is 18.5 Å². The van der Waals surface area contributed by atoms with E-state index in [-0.39, 0.29) is 18.2 Å². The first-order valence-electron chi connectivity index (χ1n) is 10.8. The monoisotopic (exact) mass is 558 g/mol. The first kappa shape index (κ1) is 25.0. The lowest BCUT2D eigenvalue weighted by Crippen LogP contribution is -2.40. The van der Waals surface area contributed by atoms with Crippen molar-refractivity contribution >= 4 is 45.0 Å². The molecule has 0 aliphatic heterocycles. The van der Waals surface area contributed by atoms with Crippen molar-refractivity contribution in [2.45, 2.75) is 18.8 Å². The van der Waals surface area contributed by atoms with Crippen LogP contribution in [-0.4, -0.2) is 58.2 Å². The minimum absolute atomic E-state index is 0.104. The summed E-state index contributed by atoms with van der Waals surface area (Å²) in [5, 5.41) is 7.47. The maximum atomic E-state index is 13.6. The van der Waals surface area contributed by atoms with Crippen molar-refractivity contribution in [2.75, 3.05) is 32.6 Å². The van der Waals surface area contributed by atoms with Crippen LogP contribution in [0.25, 0.3) is 5.57 Å². The number of nitrogens with one attached hydrogen (secondary N) is 1. The van der Waals surface area contributed by atoms with Gasteiger partial charge < -0.3 is 14.2 Å². The summed E-state index contributed by atoms with van der Waals surface area (Å²) >= 11 is 9.76. The van der Waals surface area contributed by atoms with Gasteiger partial charge in [-0.2, -0.15) is 9.97 Å². The molecule has 9 nitrogen and oxygen atoms in total. The summed E-state index contributed by atoms with van der Waals surface area (Å²) in [7, 11) is 3.90. The smallest absolute Gasteiger partial charge is 0.245 e. The highest BCUT2D eigenvalue weighted by molar-refractivity contribution is 9.10. The molecule has 1 N–H and O–H groups in total. The third-order valence-electron chi connectivity index (χ3n) is 5.42. The lowest BCUT2D eigenvalue weighted by molar-refractivity contribution is -0.120. The van der Waals surface area contributed by atoms with E-state index in [1.54, 1.807) is 13.0 Å². The molecule has 3 aromatic rings. The highest BCUT2D eigenvalue weighted by atomic mass is 79.9. The number of carbonyl (C=O) groups excluding carboxylic acids is 1. The van der Waals surface area contributed by atoms with Gasteiger partial charge in [0.05, 0.1) is 10.7 Å². The summed E-state index contributed by atoms with van der Waals surface area (Å²) in [6, 6.07) is 7.54. The van der Waals surface area contributed by atoms with Crippen LogP contribution in [0.15, 0.2) is 57.7 Å². The highest BCUT2D eigenvalue weighted by Crippen LogP contribution is 2.37. The Kier molecular flexibility index (Phi) is 7.63. The van der Waals surface area contributed by atoms with Gasteiger partial charge in [-0.15, -0.1) is 0 Å². The summed E-state index contributed by atoms with van der Waals surface area (Å²) in [6.07, 6.45) is 7.36. The molecule has 4 rings (SSSR count). The van der Waals surface area contributed by atoms with Crippen LogP contribution < -0.4 is 10.1 Å². The molecule has 11 heteroatoms. The van der Waals surface area contributed by atoms with Crippen LogP contribution in [0.3, 0.4) is 0 Å². The molecule has 1 aliphatic rings. The highest BCUT2D eigenvalue weighted by Gasteiger charge is 2.43. The maximum Gasteiger partial charge on any atom is 0.245 e. The van der Waals surface area contributed by atoms with Crippen molar-refractivity contribution in [3.05, 3.63) is 75.5 Å². The molecule has 1 unspecified atom stereocenters. The topological polar surface area (TPSA) is 106 Å². The Bertz CT molecular complexity index is 1290. The number of carbonyl (C=O) groups is 1. The van der Waals surface area contributed by atoms with E-state index in [1.807, 2.05) is 55.4 Å². The van der Waals surface area contributed by atoms with E-state index < -0.39 is 11.3 Å². The zero-order chi connectivity index (χ0) is 25.0. The number of rotatable bonds is 8. The van der Waals surface area contributed by atoms with Crippen molar-refractivity contribution in [3.63, 3.8) is 0 Å². The average molecular weight is 560 g/mol. The van der Waals surface area contributed by atoms with Crippen LogP contribution in [0.2, 0.25) is 5.02 Å². The number of aromatic nitrogens is 4. The van der Waals surface area contributed by atoms with Crippen LogP contribution in [0.1, 0.15) is 23.7 Å². The van der Waals surface area contributed by atoms with Gasteiger partial charge in [0.25, 0.3) is 0 Å². The minimum atomic E-state index is -1.22. The summed E-state index contributed by atoms with van der Waals surface area (Å²) in [5.74, 6) is 0.648. The van der Waals surface area contributed by atoms with E-state index in [0.29, 0.717) is 34.4 Å². The van der Waals surface area contributed by atoms with E-state index in [0.717, 1.165) is 11.1 Å². The quantitative estimate of drug-likeness (QED) is 0.432. The number of likely N-dealkylation sites (N-methyl/N-ethyl adjacent to an activating group) is 1. The zero-order valence-electron chi connectivity index (χ0n) is 19.5. The number of nitrogens with zero attached hydrogens (tertiary/aromatic N) is 5. The molecule has 0 saturated carbocycles. The van der Waals surface area contributed by atoms with Gasteiger partial charge in [0.15, 0.2) is 5.82 Å². The molecule has 1 aromatic carbocycles. The van der Waals surface area contributed by atoms with Crippen LogP contribution in [0, 0.1) is 6.92 Å². The van der Waals surface area contributed by atoms with E-state index in [2.05, 4.69) is 41.4 Å². The molecule has 35 heavy (non-hydrogen) atoms. The van der Waals surface area contributed by atoms with Crippen LogP contribution in [0.4, 0.5) is 5.95 Å². The first-order valence-corrected chi connectivity index (χ1v) is 12.0. The Labute approximate surface area is 216 Å². The number of anilines is 1.